The molecule has 0 fully saturated rings. The minimum absolute atomic E-state index is 0.163. The Morgan fingerprint density at radius 3 is 2.67 bits per heavy atom. The highest BCUT2D eigenvalue weighted by molar-refractivity contribution is 7.09. The van der Waals surface area contributed by atoms with Crippen molar-refractivity contribution in [3.63, 3.8) is 0 Å². The van der Waals surface area contributed by atoms with Gasteiger partial charge in [-0.25, -0.2) is 4.98 Å². The lowest BCUT2D eigenvalue weighted by molar-refractivity contribution is -0.133. The molecule has 1 aromatic heterocycles. The number of hydrogen-bond acceptors (Lipinski definition) is 4. The Hall–Kier alpha value is -1.59. The number of rotatable bonds is 8. The number of ether oxygens (including phenoxy) is 1. The normalized spacial score (nSPS) is 12.0. The quantitative estimate of drug-likeness (QED) is 0.666. The number of nitrogens with zero attached hydrogens (tertiary/aromatic N) is 2. The van der Waals surface area contributed by atoms with Crippen LogP contribution in [0.25, 0.3) is 0 Å². The lowest BCUT2D eigenvalue weighted by Crippen LogP contribution is -2.37. The first-order chi connectivity index (χ1) is 11.5. The molecule has 1 amide bonds. The minimum atomic E-state index is 0.163. The molecule has 0 bridgehead atoms. The lowest BCUT2D eigenvalue weighted by Gasteiger charge is -2.27. The fourth-order valence-corrected chi connectivity index (χ4v) is 3.07. The van der Waals surface area contributed by atoms with Gasteiger partial charge in [0.15, 0.2) is 0 Å². The number of amides is 1. The average Bonchev–Trinajstić information content (AvgIpc) is 3.05. The predicted molar refractivity (Wildman–Crippen MR) is 98.5 cm³/mol. The summed E-state index contributed by atoms with van der Waals surface area (Å²) in [6.45, 7) is 7.03. The molecule has 0 aliphatic carbocycles. The molecule has 24 heavy (non-hydrogen) atoms. The topological polar surface area (TPSA) is 42.4 Å². The van der Waals surface area contributed by atoms with E-state index < -0.39 is 0 Å². The lowest BCUT2D eigenvalue weighted by atomic mass is 10.2. The van der Waals surface area contributed by atoms with Gasteiger partial charge in [-0.1, -0.05) is 25.4 Å². The first-order valence-electron chi connectivity index (χ1n) is 8.14. The maximum absolute atomic E-state index is 12.1. The molecule has 0 saturated heterocycles. The zero-order valence-corrected chi connectivity index (χ0v) is 15.9. The van der Waals surface area contributed by atoms with Crippen molar-refractivity contribution in [1.29, 1.82) is 0 Å². The van der Waals surface area contributed by atoms with E-state index in [1.807, 2.05) is 29.3 Å². The minimum Gasteiger partial charge on any atom is -0.486 e. The van der Waals surface area contributed by atoms with Gasteiger partial charge in [-0.3, -0.25) is 4.79 Å². The van der Waals surface area contributed by atoms with E-state index in [1.165, 1.54) is 0 Å². The van der Waals surface area contributed by atoms with Gasteiger partial charge in [0.05, 0.1) is 12.2 Å². The van der Waals surface area contributed by atoms with Crippen LogP contribution in [0.2, 0.25) is 5.02 Å². The van der Waals surface area contributed by atoms with Crippen LogP contribution in [0.15, 0.2) is 29.6 Å². The van der Waals surface area contributed by atoms with Gasteiger partial charge >= 0.3 is 0 Å². The fraction of sp³-hybridized carbons (Fsp3) is 0.444. The monoisotopic (exact) mass is 366 g/mol. The van der Waals surface area contributed by atoms with E-state index in [4.69, 9.17) is 16.3 Å². The van der Waals surface area contributed by atoms with Crippen molar-refractivity contribution in [2.24, 2.45) is 0 Å². The Balaban J connectivity index is 1.96. The first kappa shape index (κ1) is 18.7. The van der Waals surface area contributed by atoms with E-state index >= 15 is 0 Å². The molecule has 0 saturated carbocycles. The van der Waals surface area contributed by atoms with E-state index in [2.05, 4.69) is 18.8 Å². The number of thiazole rings is 1. The van der Waals surface area contributed by atoms with Crippen molar-refractivity contribution in [3.05, 3.63) is 45.4 Å². The second-order valence-electron chi connectivity index (χ2n) is 5.61. The number of aromatic nitrogens is 1. The van der Waals surface area contributed by atoms with E-state index in [-0.39, 0.29) is 11.9 Å². The van der Waals surface area contributed by atoms with Gasteiger partial charge in [-0.05, 0) is 37.6 Å². The number of carbonyl (C=O) groups is 1. The molecule has 4 nitrogen and oxygen atoms in total. The molecule has 6 heteroatoms. The average molecular weight is 367 g/mol. The second kappa shape index (κ2) is 9.04. The molecule has 2 rings (SSSR count). The third-order valence-corrected chi connectivity index (χ3v) is 4.98. The molecule has 0 aliphatic rings. The molecular formula is C18H23ClN2O2S. The van der Waals surface area contributed by atoms with Crippen molar-refractivity contribution in [1.82, 2.24) is 9.88 Å². The fourth-order valence-electron chi connectivity index (χ4n) is 2.25. The molecule has 1 aromatic carbocycles. The van der Waals surface area contributed by atoms with E-state index in [0.717, 1.165) is 22.9 Å². The Labute approximate surface area is 152 Å². The van der Waals surface area contributed by atoms with Crippen molar-refractivity contribution in [2.75, 3.05) is 0 Å². The molecule has 0 spiro atoms. The van der Waals surface area contributed by atoms with E-state index in [9.17, 15) is 4.79 Å². The van der Waals surface area contributed by atoms with Crippen LogP contribution in [0.1, 0.15) is 44.3 Å². The summed E-state index contributed by atoms with van der Waals surface area (Å²) in [5.74, 6) is 0.926. The van der Waals surface area contributed by atoms with Crippen LogP contribution in [-0.2, 0) is 17.9 Å². The Kier molecular flexibility index (Phi) is 7.06. The Morgan fingerprint density at radius 1 is 1.33 bits per heavy atom. The summed E-state index contributed by atoms with van der Waals surface area (Å²) in [4.78, 5) is 18.6. The zero-order chi connectivity index (χ0) is 17.5. The first-order valence-corrected chi connectivity index (χ1v) is 9.40. The Morgan fingerprint density at radius 2 is 2.04 bits per heavy atom. The third kappa shape index (κ3) is 5.21. The summed E-state index contributed by atoms with van der Waals surface area (Å²) < 4.78 is 5.71. The van der Waals surface area contributed by atoms with Crippen molar-refractivity contribution < 1.29 is 9.53 Å². The molecular weight excluding hydrogens is 344 g/mol. The second-order valence-corrected chi connectivity index (χ2v) is 6.99. The van der Waals surface area contributed by atoms with E-state index in [1.54, 1.807) is 23.5 Å². The van der Waals surface area contributed by atoms with Crippen LogP contribution < -0.4 is 4.74 Å². The van der Waals surface area contributed by atoms with Gasteiger partial charge in [0.1, 0.15) is 17.4 Å². The zero-order valence-electron chi connectivity index (χ0n) is 14.3. The van der Waals surface area contributed by atoms with Gasteiger partial charge in [-0.15, -0.1) is 11.3 Å². The van der Waals surface area contributed by atoms with Gasteiger partial charge in [0.25, 0.3) is 0 Å². The van der Waals surface area contributed by atoms with Crippen molar-refractivity contribution >= 4 is 28.8 Å². The molecule has 1 atom stereocenters. The maximum atomic E-state index is 12.1. The molecule has 130 valence electrons. The molecule has 0 unspecified atom stereocenters. The summed E-state index contributed by atoms with van der Waals surface area (Å²) >= 11 is 7.41. The summed E-state index contributed by atoms with van der Waals surface area (Å²) in [5.41, 5.74) is 0.914. The SMILES string of the molecule is CCC(=O)N(Cc1csc(COc2ccc(Cl)cc2)n1)[C@H](C)CC. The van der Waals surface area contributed by atoms with Crippen LogP contribution >= 0.6 is 22.9 Å². The molecule has 2 aromatic rings. The summed E-state index contributed by atoms with van der Waals surface area (Å²) in [5, 5.41) is 3.58. The highest BCUT2D eigenvalue weighted by atomic mass is 35.5. The number of benzene rings is 1. The van der Waals surface area contributed by atoms with Gasteiger partial charge in [0.2, 0.25) is 5.91 Å². The summed E-state index contributed by atoms with van der Waals surface area (Å²) in [7, 11) is 0. The van der Waals surface area contributed by atoms with Gasteiger partial charge in [0, 0.05) is 22.9 Å². The van der Waals surface area contributed by atoms with Crippen LogP contribution in [-0.4, -0.2) is 21.8 Å². The third-order valence-electron chi connectivity index (χ3n) is 3.85. The molecule has 0 aliphatic heterocycles. The summed E-state index contributed by atoms with van der Waals surface area (Å²) in [6.07, 6.45) is 1.45. The standard InChI is InChI=1S/C18H23ClN2O2S/c1-4-13(3)21(18(22)5-2)10-15-12-24-17(20-15)11-23-16-8-6-14(19)7-9-16/h6-9,12-13H,4-5,10-11H2,1-3H3/t13-/m1/s1. The highest BCUT2D eigenvalue weighted by Gasteiger charge is 2.18. The van der Waals surface area contributed by atoms with Crippen LogP contribution in [0.4, 0.5) is 0 Å². The van der Waals surface area contributed by atoms with E-state index in [0.29, 0.717) is 24.6 Å². The molecule has 0 N–H and O–H groups in total. The predicted octanol–water partition coefficient (Wildman–Crippen LogP) is 4.91. The smallest absolute Gasteiger partial charge is 0.222 e. The molecule has 0 radical (unpaired) electrons. The maximum Gasteiger partial charge on any atom is 0.222 e. The largest absolute Gasteiger partial charge is 0.486 e. The number of carbonyl (C=O) groups excluding carboxylic acids is 1. The van der Waals surface area contributed by atoms with Gasteiger partial charge in [-0.2, -0.15) is 0 Å². The van der Waals surface area contributed by atoms with Crippen LogP contribution in [0.3, 0.4) is 0 Å². The summed E-state index contributed by atoms with van der Waals surface area (Å²) in [6, 6.07) is 7.48. The van der Waals surface area contributed by atoms with Crippen molar-refractivity contribution in [2.45, 2.75) is 52.8 Å². The van der Waals surface area contributed by atoms with Gasteiger partial charge < -0.3 is 9.64 Å². The van der Waals surface area contributed by atoms with Crippen LogP contribution in [0.5, 0.6) is 5.75 Å². The van der Waals surface area contributed by atoms with Crippen molar-refractivity contribution in [3.8, 4) is 5.75 Å². The van der Waals surface area contributed by atoms with Crippen LogP contribution in [0, 0.1) is 0 Å². The molecule has 1 heterocycles. The Bertz CT molecular complexity index is 657. The number of hydrogen-bond donors (Lipinski definition) is 0. The highest BCUT2D eigenvalue weighted by Crippen LogP contribution is 2.19. The number of halogens is 1.